The van der Waals surface area contributed by atoms with Gasteiger partial charge in [-0.05, 0) is 53.4 Å². The third-order valence-electron chi connectivity index (χ3n) is 5.47. The van der Waals surface area contributed by atoms with Crippen LogP contribution < -0.4 is 5.32 Å². The summed E-state index contributed by atoms with van der Waals surface area (Å²) < 4.78 is 11.7. The summed E-state index contributed by atoms with van der Waals surface area (Å²) in [6, 6.07) is 1.31. The number of nitrogens with one attached hydrogen (secondary N) is 1. The van der Waals surface area contributed by atoms with Gasteiger partial charge in [-0.2, -0.15) is 0 Å². The number of piperidine rings is 1. The topological polar surface area (TPSA) is 54.0 Å². The Labute approximate surface area is 152 Å². The monoisotopic (exact) mass is 353 g/mol. The molecule has 0 spiro atoms. The Morgan fingerprint density at radius 2 is 1.76 bits per heavy atom. The molecule has 1 N–H and O–H groups in total. The molecular formula is C19H35N3O3. The van der Waals surface area contributed by atoms with E-state index in [1.54, 1.807) is 0 Å². The molecule has 1 amide bonds. The third kappa shape index (κ3) is 5.31. The van der Waals surface area contributed by atoms with Crippen molar-refractivity contribution in [1.82, 2.24) is 15.1 Å². The number of hydrogen-bond acceptors (Lipinski definition) is 5. The second-order valence-electron chi connectivity index (χ2n) is 8.90. The zero-order valence-electron chi connectivity index (χ0n) is 16.3. The van der Waals surface area contributed by atoms with Crippen molar-refractivity contribution in [1.29, 1.82) is 0 Å². The fourth-order valence-electron chi connectivity index (χ4n) is 4.01. The molecule has 2 heterocycles. The number of carbonyl (C=O) groups excluding carboxylic acids is 1. The predicted molar refractivity (Wildman–Crippen MR) is 97.8 cm³/mol. The molecule has 0 radical (unpaired) electrons. The summed E-state index contributed by atoms with van der Waals surface area (Å²) in [7, 11) is 0. The molecule has 6 nitrogen and oxygen atoms in total. The van der Waals surface area contributed by atoms with Crippen LogP contribution in [-0.4, -0.2) is 78.5 Å². The van der Waals surface area contributed by atoms with Gasteiger partial charge in [0, 0.05) is 44.8 Å². The molecule has 0 aromatic rings. The van der Waals surface area contributed by atoms with Crippen LogP contribution in [0, 0.1) is 0 Å². The lowest BCUT2D eigenvalue weighted by molar-refractivity contribution is -0.105. The Hall–Kier alpha value is -0.850. The number of ether oxygens (including phenoxy) is 2. The fourth-order valence-corrected chi connectivity index (χ4v) is 4.01. The Bertz CT molecular complexity index is 451. The first-order chi connectivity index (χ1) is 11.8. The van der Waals surface area contributed by atoms with E-state index < -0.39 is 5.60 Å². The van der Waals surface area contributed by atoms with Crippen molar-refractivity contribution in [2.45, 2.75) is 83.3 Å². The fraction of sp³-hybridized carbons (Fsp3) is 0.947. The van der Waals surface area contributed by atoms with E-state index in [1.165, 1.54) is 12.8 Å². The van der Waals surface area contributed by atoms with Crippen molar-refractivity contribution in [3.05, 3.63) is 0 Å². The molecule has 3 fully saturated rings. The number of likely N-dealkylation sites (tertiary alicyclic amines) is 1. The van der Waals surface area contributed by atoms with E-state index in [0.717, 1.165) is 45.6 Å². The highest BCUT2D eigenvalue weighted by Gasteiger charge is 2.37. The van der Waals surface area contributed by atoms with Crippen LogP contribution in [-0.2, 0) is 9.47 Å². The molecule has 3 rings (SSSR count). The Kier molecular flexibility index (Phi) is 5.91. The maximum Gasteiger partial charge on any atom is 0.410 e. The van der Waals surface area contributed by atoms with E-state index in [-0.39, 0.29) is 6.09 Å². The molecule has 0 unspecified atom stereocenters. The van der Waals surface area contributed by atoms with E-state index in [2.05, 4.69) is 17.1 Å². The highest BCUT2D eigenvalue weighted by atomic mass is 16.6. The maximum absolute atomic E-state index is 12.1. The highest BCUT2D eigenvalue weighted by molar-refractivity contribution is 5.68. The molecule has 1 aliphatic carbocycles. The molecule has 144 valence electrons. The lowest BCUT2D eigenvalue weighted by Gasteiger charge is -2.47. The van der Waals surface area contributed by atoms with Crippen LogP contribution in [0.25, 0.3) is 0 Å². The first-order valence-corrected chi connectivity index (χ1v) is 9.91. The molecule has 25 heavy (non-hydrogen) atoms. The number of rotatable bonds is 3. The summed E-state index contributed by atoms with van der Waals surface area (Å²) in [5, 5.41) is 3.50. The first kappa shape index (κ1) is 18.9. The van der Waals surface area contributed by atoms with Crippen molar-refractivity contribution in [2.75, 3.05) is 32.7 Å². The SMILES string of the molecule is C[C@@H]1CN([C@H]2C[C@H](OC3CCN(C(=O)OC(C)(C)C)CC3)C2)CCN1. The molecule has 0 bridgehead atoms. The average molecular weight is 354 g/mol. The van der Waals surface area contributed by atoms with Crippen LogP contribution in [0.2, 0.25) is 0 Å². The Balaban J connectivity index is 1.33. The molecule has 6 heteroatoms. The van der Waals surface area contributed by atoms with Crippen LogP contribution in [0.15, 0.2) is 0 Å². The number of hydrogen-bond donors (Lipinski definition) is 1. The van der Waals surface area contributed by atoms with Gasteiger partial charge in [-0.15, -0.1) is 0 Å². The number of amides is 1. The maximum atomic E-state index is 12.1. The molecule has 1 atom stereocenters. The normalized spacial score (nSPS) is 32.3. The average Bonchev–Trinajstić information content (AvgIpc) is 2.49. The van der Waals surface area contributed by atoms with Crippen molar-refractivity contribution in [3.8, 4) is 0 Å². The summed E-state index contributed by atoms with van der Waals surface area (Å²) in [5.74, 6) is 0. The van der Waals surface area contributed by atoms with Crippen molar-refractivity contribution in [2.24, 2.45) is 0 Å². The van der Waals surface area contributed by atoms with E-state index >= 15 is 0 Å². The number of nitrogens with zero attached hydrogens (tertiary/aromatic N) is 2. The molecule has 0 aromatic heterocycles. The van der Waals surface area contributed by atoms with Gasteiger partial charge in [-0.3, -0.25) is 4.90 Å². The first-order valence-electron chi connectivity index (χ1n) is 9.91. The number of carbonyl (C=O) groups is 1. The van der Waals surface area contributed by atoms with Gasteiger partial charge in [0.2, 0.25) is 0 Å². The van der Waals surface area contributed by atoms with E-state index in [0.29, 0.717) is 24.3 Å². The van der Waals surface area contributed by atoms with Crippen LogP contribution in [0.3, 0.4) is 0 Å². The second-order valence-corrected chi connectivity index (χ2v) is 8.90. The van der Waals surface area contributed by atoms with E-state index in [4.69, 9.17) is 9.47 Å². The minimum absolute atomic E-state index is 0.192. The summed E-state index contributed by atoms with van der Waals surface area (Å²) in [6.07, 6.45) is 4.69. The lowest BCUT2D eigenvalue weighted by atomic mass is 9.86. The van der Waals surface area contributed by atoms with Crippen molar-refractivity contribution >= 4 is 6.09 Å². The van der Waals surface area contributed by atoms with Gasteiger partial charge in [-0.25, -0.2) is 4.79 Å². The quantitative estimate of drug-likeness (QED) is 0.843. The van der Waals surface area contributed by atoms with Crippen LogP contribution in [0.5, 0.6) is 0 Å². The summed E-state index contributed by atoms with van der Waals surface area (Å²) >= 11 is 0. The summed E-state index contributed by atoms with van der Waals surface area (Å²) in [4.78, 5) is 16.5. The van der Waals surface area contributed by atoms with E-state index in [9.17, 15) is 4.79 Å². The standard InChI is InChI=1S/C19H35N3O3/c1-14-13-22(10-7-20-14)15-11-17(12-15)24-16-5-8-21(9-6-16)18(23)25-19(2,3)4/h14-17,20H,5-13H2,1-4H3/t14-,15-,17-/m1/s1. The van der Waals surface area contributed by atoms with Crippen molar-refractivity contribution in [3.63, 3.8) is 0 Å². The van der Waals surface area contributed by atoms with Gasteiger partial charge in [0.05, 0.1) is 12.2 Å². The molecular weight excluding hydrogens is 318 g/mol. The zero-order valence-corrected chi connectivity index (χ0v) is 16.3. The zero-order chi connectivity index (χ0) is 18.0. The smallest absolute Gasteiger partial charge is 0.410 e. The molecule has 2 aliphatic heterocycles. The second kappa shape index (κ2) is 7.80. The molecule has 1 saturated carbocycles. The molecule has 3 aliphatic rings. The van der Waals surface area contributed by atoms with Crippen LogP contribution in [0.1, 0.15) is 53.4 Å². The Morgan fingerprint density at radius 1 is 1.08 bits per heavy atom. The summed E-state index contributed by atoms with van der Waals surface area (Å²) in [6.45, 7) is 12.9. The van der Waals surface area contributed by atoms with Gasteiger partial charge in [0.25, 0.3) is 0 Å². The van der Waals surface area contributed by atoms with Gasteiger partial charge < -0.3 is 19.7 Å². The number of piperazine rings is 1. The Morgan fingerprint density at radius 3 is 2.36 bits per heavy atom. The third-order valence-corrected chi connectivity index (χ3v) is 5.47. The van der Waals surface area contributed by atoms with E-state index in [1.807, 2.05) is 25.7 Å². The highest BCUT2D eigenvalue weighted by Crippen LogP contribution is 2.31. The van der Waals surface area contributed by atoms with Gasteiger partial charge >= 0.3 is 6.09 Å². The largest absolute Gasteiger partial charge is 0.444 e. The van der Waals surface area contributed by atoms with Gasteiger partial charge in [0.1, 0.15) is 5.60 Å². The van der Waals surface area contributed by atoms with Crippen molar-refractivity contribution < 1.29 is 14.3 Å². The minimum atomic E-state index is -0.424. The van der Waals surface area contributed by atoms with Gasteiger partial charge in [0.15, 0.2) is 0 Å². The summed E-state index contributed by atoms with van der Waals surface area (Å²) in [5.41, 5.74) is -0.424. The van der Waals surface area contributed by atoms with Gasteiger partial charge in [-0.1, -0.05) is 0 Å². The molecule has 2 saturated heterocycles. The molecule has 0 aromatic carbocycles. The van der Waals surface area contributed by atoms with Crippen LogP contribution >= 0.6 is 0 Å². The predicted octanol–water partition coefficient (Wildman–Crippen LogP) is 2.23. The van der Waals surface area contributed by atoms with Crippen LogP contribution in [0.4, 0.5) is 4.79 Å². The lowest BCUT2D eigenvalue weighted by Crippen LogP contribution is -2.57. The minimum Gasteiger partial charge on any atom is -0.444 e.